The zero-order valence-electron chi connectivity index (χ0n) is 17.7. The van der Waals surface area contributed by atoms with Gasteiger partial charge in [-0.15, -0.1) is 0 Å². The number of rotatable bonds is 6. The Balaban J connectivity index is 1.19. The molecule has 9 unspecified atom stereocenters. The molecular formula is C21H26O11S. The second-order valence-corrected chi connectivity index (χ2v) is 12.1. The quantitative estimate of drug-likeness (QED) is 0.366. The predicted molar refractivity (Wildman–Crippen MR) is 105 cm³/mol. The Bertz CT molecular complexity index is 990. The van der Waals surface area contributed by atoms with Crippen molar-refractivity contribution in [3.8, 4) is 0 Å². The first-order valence-electron chi connectivity index (χ1n) is 11.4. The molecule has 0 spiro atoms. The maximum atomic E-state index is 13.4. The number of ether oxygens (including phenoxy) is 4. The molecule has 3 heterocycles. The molecule has 6 bridgehead atoms. The number of ketones is 1. The van der Waals surface area contributed by atoms with E-state index in [-0.39, 0.29) is 17.6 Å². The first-order chi connectivity index (χ1) is 15.6. The molecule has 0 amide bonds. The van der Waals surface area contributed by atoms with Gasteiger partial charge in [0.1, 0.15) is 30.4 Å². The van der Waals surface area contributed by atoms with Gasteiger partial charge in [-0.2, -0.15) is 8.42 Å². The highest BCUT2D eigenvalue weighted by Gasteiger charge is 2.71. The fourth-order valence-electron chi connectivity index (χ4n) is 7.49. The Labute approximate surface area is 189 Å². The van der Waals surface area contributed by atoms with E-state index in [1.165, 1.54) is 0 Å². The number of aliphatic hydroxyl groups is 1. The SMILES string of the molecule is O=C1C2CC3CC1CC(C(=O)OC1C4OC(O)C5C4OC1C5C(=O)OCCS(=O)(=O)O)(C3)C2. The molecule has 12 heteroatoms. The fraction of sp³-hybridized carbons (Fsp3) is 0.857. The molecule has 11 nitrogen and oxygen atoms in total. The molecule has 182 valence electrons. The van der Waals surface area contributed by atoms with Crippen molar-refractivity contribution in [2.24, 2.45) is 35.0 Å². The van der Waals surface area contributed by atoms with Crippen LogP contribution in [0.3, 0.4) is 0 Å². The van der Waals surface area contributed by atoms with E-state index < -0.39 is 82.4 Å². The van der Waals surface area contributed by atoms with Gasteiger partial charge in [0.25, 0.3) is 10.1 Å². The van der Waals surface area contributed by atoms with E-state index in [1.807, 2.05) is 0 Å². The van der Waals surface area contributed by atoms with E-state index in [4.69, 9.17) is 23.5 Å². The lowest BCUT2D eigenvalue weighted by molar-refractivity contribution is -0.189. The highest BCUT2D eigenvalue weighted by Crippen LogP contribution is 2.60. The van der Waals surface area contributed by atoms with Crippen LogP contribution in [0.5, 0.6) is 0 Å². The lowest BCUT2D eigenvalue weighted by Crippen LogP contribution is -2.56. The normalized spacial score (nSPS) is 49.0. The highest BCUT2D eigenvalue weighted by atomic mass is 32.2. The third kappa shape index (κ3) is 3.28. The minimum Gasteiger partial charge on any atom is -0.464 e. The zero-order valence-corrected chi connectivity index (χ0v) is 18.5. The second kappa shape index (κ2) is 7.20. The summed E-state index contributed by atoms with van der Waals surface area (Å²) in [5.41, 5.74) is -0.714. The number of hydrogen-bond donors (Lipinski definition) is 2. The Morgan fingerprint density at radius 1 is 1.06 bits per heavy atom. The van der Waals surface area contributed by atoms with Crippen molar-refractivity contribution in [3.05, 3.63) is 0 Å². The maximum absolute atomic E-state index is 13.4. The molecule has 3 aliphatic heterocycles. The van der Waals surface area contributed by atoms with Crippen LogP contribution in [0.1, 0.15) is 32.1 Å². The summed E-state index contributed by atoms with van der Waals surface area (Å²) in [5, 5.41) is 10.4. The monoisotopic (exact) mass is 486 g/mol. The summed E-state index contributed by atoms with van der Waals surface area (Å²) in [6, 6.07) is 0. The molecule has 0 aromatic heterocycles. The summed E-state index contributed by atoms with van der Waals surface area (Å²) in [6.07, 6.45) is -1.17. The van der Waals surface area contributed by atoms with Gasteiger partial charge >= 0.3 is 11.9 Å². The minimum atomic E-state index is -4.30. The summed E-state index contributed by atoms with van der Waals surface area (Å²) < 4.78 is 53.0. The van der Waals surface area contributed by atoms with Crippen LogP contribution in [0, 0.1) is 35.0 Å². The van der Waals surface area contributed by atoms with Crippen LogP contribution in [0.2, 0.25) is 0 Å². The molecule has 7 rings (SSSR count). The number of hydrogen-bond acceptors (Lipinski definition) is 10. The lowest BCUT2D eigenvalue weighted by Gasteiger charge is -2.54. The topological polar surface area (TPSA) is 163 Å². The summed E-state index contributed by atoms with van der Waals surface area (Å²) >= 11 is 0. The Hall–Kier alpha value is -1.60. The molecule has 4 saturated carbocycles. The summed E-state index contributed by atoms with van der Waals surface area (Å²) in [4.78, 5) is 38.6. The van der Waals surface area contributed by atoms with E-state index in [9.17, 15) is 27.9 Å². The molecule has 2 N–H and O–H groups in total. The van der Waals surface area contributed by atoms with Crippen molar-refractivity contribution in [2.75, 3.05) is 12.4 Å². The van der Waals surface area contributed by atoms with Gasteiger partial charge in [-0.1, -0.05) is 0 Å². The van der Waals surface area contributed by atoms with Crippen LogP contribution in [-0.4, -0.2) is 78.9 Å². The van der Waals surface area contributed by atoms with Crippen LogP contribution in [-0.2, 0) is 43.4 Å². The van der Waals surface area contributed by atoms with Crippen LogP contribution in [0.4, 0.5) is 0 Å². The van der Waals surface area contributed by atoms with Gasteiger partial charge in [-0.05, 0) is 38.0 Å². The lowest BCUT2D eigenvalue weighted by atomic mass is 9.49. The Morgan fingerprint density at radius 2 is 1.76 bits per heavy atom. The van der Waals surface area contributed by atoms with E-state index in [0.717, 1.165) is 12.8 Å². The molecule has 0 aromatic rings. The first-order valence-corrected chi connectivity index (χ1v) is 13.0. The van der Waals surface area contributed by atoms with Gasteiger partial charge in [0.15, 0.2) is 12.4 Å². The zero-order chi connectivity index (χ0) is 23.3. The standard InChI is InChI=1S/C21H26O11S/c22-13-9-3-8-4-10(13)7-21(5-8,6-9)20(25)32-17-14-11(18(23)29-1-2-33(26,27)28)12-15(30-14)16(17)31-19(12)24/h8-12,14-17,19,24H,1-7H2,(H,26,27,28). The summed E-state index contributed by atoms with van der Waals surface area (Å²) in [7, 11) is -4.30. The minimum absolute atomic E-state index is 0.0976. The van der Waals surface area contributed by atoms with E-state index in [1.54, 1.807) is 0 Å². The number of carbonyl (C=O) groups is 3. The molecule has 33 heavy (non-hydrogen) atoms. The molecular weight excluding hydrogens is 460 g/mol. The van der Waals surface area contributed by atoms with Gasteiger partial charge in [-0.3, -0.25) is 18.9 Å². The van der Waals surface area contributed by atoms with Crippen molar-refractivity contribution < 1.29 is 51.4 Å². The molecule has 9 atom stereocenters. The van der Waals surface area contributed by atoms with Crippen molar-refractivity contribution in [2.45, 2.75) is 62.8 Å². The Morgan fingerprint density at radius 3 is 2.42 bits per heavy atom. The van der Waals surface area contributed by atoms with Crippen molar-refractivity contribution in [1.29, 1.82) is 0 Å². The summed E-state index contributed by atoms with van der Waals surface area (Å²) in [5.74, 6) is -3.28. The molecule has 0 radical (unpaired) electrons. The van der Waals surface area contributed by atoms with Crippen LogP contribution >= 0.6 is 0 Å². The van der Waals surface area contributed by atoms with Gasteiger partial charge in [-0.25, -0.2) is 0 Å². The van der Waals surface area contributed by atoms with Crippen LogP contribution in [0.15, 0.2) is 0 Å². The first kappa shape index (κ1) is 21.9. The number of aliphatic hydroxyl groups excluding tert-OH is 1. The maximum Gasteiger partial charge on any atom is 0.312 e. The number of esters is 2. The third-order valence-electron chi connectivity index (χ3n) is 8.59. The third-order valence-corrected chi connectivity index (χ3v) is 9.27. The van der Waals surface area contributed by atoms with E-state index in [2.05, 4.69) is 0 Å². The van der Waals surface area contributed by atoms with Crippen molar-refractivity contribution in [3.63, 3.8) is 0 Å². The Kier molecular flexibility index (Phi) is 4.78. The van der Waals surface area contributed by atoms with Gasteiger partial charge < -0.3 is 24.1 Å². The van der Waals surface area contributed by atoms with Crippen molar-refractivity contribution >= 4 is 27.8 Å². The van der Waals surface area contributed by atoms with Gasteiger partial charge in [0.2, 0.25) is 0 Å². The second-order valence-electron chi connectivity index (χ2n) is 10.5. The smallest absolute Gasteiger partial charge is 0.312 e. The number of carbonyl (C=O) groups excluding carboxylic acids is 3. The molecule has 0 aromatic carbocycles. The van der Waals surface area contributed by atoms with Crippen LogP contribution < -0.4 is 0 Å². The molecule has 3 saturated heterocycles. The van der Waals surface area contributed by atoms with Crippen molar-refractivity contribution in [1.82, 2.24) is 0 Å². The number of fused-ring (bicyclic) bond motifs is 1. The van der Waals surface area contributed by atoms with Gasteiger partial charge in [0.05, 0.1) is 23.4 Å². The van der Waals surface area contributed by atoms with E-state index in [0.29, 0.717) is 25.2 Å². The molecule has 4 aliphatic carbocycles. The van der Waals surface area contributed by atoms with Crippen LogP contribution in [0.25, 0.3) is 0 Å². The largest absolute Gasteiger partial charge is 0.464 e. The number of Topliss-reactive ketones (excluding diaryl/α,β-unsaturated/α-hetero) is 1. The highest BCUT2D eigenvalue weighted by molar-refractivity contribution is 7.85. The van der Waals surface area contributed by atoms with E-state index >= 15 is 0 Å². The molecule has 7 aliphatic rings. The predicted octanol–water partition coefficient (Wildman–Crippen LogP) is -0.545. The average Bonchev–Trinajstić information content (AvgIpc) is 3.34. The van der Waals surface area contributed by atoms with Gasteiger partial charge in [0, 0.05) is 11.8 Å². The average molecular weight is 486 g/mol. The molecule has 7 fully saturated rings. The summed E-state index contributed by atoms with van der Waals surface area (Å²) in [6.45, 7) is -0.551. The fourth-order valence-corrected chi connectivity index (χ4v) is 7.79.